The quantitative estimate of drug-likeness (QED) is 0.0989. The van der Waals surface area contributed by atoms with Gasteiger partial charge in [-0.05, 0) is 56.0 Å². The Kier molecular flexibility index (Phi) is 12.9. The van der Waals surface area contributed by atoms with Gasteiger partial charge in [0, 0.05) is 47.6 Å². The predicted octanol–water partition coefficient (Wildman–Crippen LogP) is 4.68. The minimum Gasteiger partial charge on any atom is -0.478 e. The molecule has 9 nitrogen and oxygen atoms in total. The fourth-order valence-corrected chi connectivity index (χ4v) is 8.49. The number of carbonyl (C=O) groups excluding carboxylic acids is 2. The van der Waals surface area contributed by atoms with Crippen molar-refractivity contribution in [3.05, 3.63) is 24.8 Å². The van der Waals surface area contributed by atoms with Gasteiger partial charge in [-0.2, -0.15) is 0 Å². The molecule has 3 aliphatic rings. The highest BCUT2D eigenvalue weighted by atomic mass is 32.2. The number of ketones is 1. The maximum absolute atomic E-state index is 13.4. The molecule has 3 saturated carbocycles. The maximum atomic E-state index is 13.4. The summed E-state index contributed by atoms with van der Waals surface area (Å²) in [7, 11) is 0. The van der Waals surface area contributed by atoms with Gasteiger partial charge in [0.2, 0.25) is 0 Å². The first-order valence-electron chi connectivity index (χ1n) is 15.1. The summed E-state index contributed by atoms with van der Waals surface area (Å²) in [5.74, 6) is -1.14. The van der Waals surface area contributed by atoms with Crippen LogP contribution in [0.15, 0.2) is 24.8 Å². The topological polar surface area (TPSA) is 141 Å². The van der Waals surface area contributed by atoms with Crippen molar-refractivity contribution in [2.75, 3.05) is 31.1 Å². The van der Waals surface area contributed by atoms with E-state index in [4.69, 9.17) is 14.9 Å². The number of aliphatic hydroxyl groups excluding tert-OH is 1. The molecule has 0 aromatic carbocycles. The zero-order chi connectivity index (χ0) is 31.9. The monoisotopic (exact) mass is 613 g/mol. The Morgan fingerprint density at radius 1 is 1.10 bits per heavy atom. The summed E-state index contributed by atoms with van der Waals surface area (Å²) < 4.78 is 6.30. The van der Waals surface area contributed by atoms with Crippen molar-refractivity contribution in [2.24, 2.45) is 34.0 Å². The first kappa shape index (κ1) is 36.0. The fraction of sp³-hybridized carbons (Fsp3) is 0.750. The zero-order valence-electron chi connectivity index (χ0n) is 26.1. The summed E-state index contributed by atoms with van der Waals surface area (Å²) in [6.07, 6.45) is 5.76. The molecule has 3 aliphatic carbocycles. The molecule has 3 fully saturated rings. The second-order valence-corrected chi connectivity index (χ2v) is 13.8. The van der Waals surface area contributed by atoms with Crippen molar-refractivity contribution in [3.8, 4) is 0 Å². The molecule has 0 heterocycles. The lowest BCUT2D eigenvalue weighted by molar-refractivity contribution is -0.205. The van der Waals surface area contributed by atoms with Gasteiger partial charge in [0.1, 0.15) is 11.9 Å². The number of aliphatic hydroxyl groups is 1. The fourth-order valence-electron chi connectivity index (χ4n) is 7.73. The highest BCUT2D eigenvalue weighted by Gasteiger charge is 2.68. The Morgan fingerprint density at radius 2 is 1.69 bits per heavy atom. The summed E-state index contributed by atoms with van der Waals surface area (Å²) in [5.41, 5.74) is -1.25. The van der Waals surface area contributed by atoms with E-state index in [1.807, 2.05) is 13.0 Å². The summed E-state index contributed by atoms with van der Waals surface area (Å²) in [4.78, 5) is 48.0. The van der Waals surface area contributed by atoms with E-state index in [2.05, 4.69) is 46.1 Å². The lowest BCUT2D eigenvalue weighted by atomic mass is 9.44. The number of rotatable bonds is 11. The van der Waals surface area contributed by atoms with Crippen LogP contribution in [-0.2, 0) is 23.9 Å². The third kappa shape index (κ3) is 7.66. The van der Waals surface area contributed by atoms with Crippen LogP contribution in [0.1, 0.15) is 73.6 Å². The number of aliphatic carboxylic acids is 2. The molecule has 0 amide bonds. The molecule has 8 atom stereocenters. The van der Waals surface area contributed by atoms with Crippen LogP contribution in [0.4, 0.5) is 0 Å². The predicted molar refractivity (Wildman–Crippen MR) is 164 cm³/mol. The van der Waals surface area contributed by atoms with Crippen molar-refractivity contribution in [3.63, 3.8) is 0 Å². The maximum Gasteiger partial charge on any atom is 0.328 e. The van der Waals surface area contributed by atoms with E-state index in [0.717, 1.165) is 44.6 Å². The third-order valence-electron chi connectivity index (χ3n) is 10.6. The molecular formula is C32H51NO8S. The average molecular weight is 614 g/mol. The summed E-state index contributed by atoms with van der Waals surface area (Å²) in [5, 5.41) is 27.2. The Balaban J connectivity index is 0.000000675. The molecule has 2 unspecified atom stereocenters. The van der Waals surface area contributed by atoms with Crippen LogP contribution in [0, 0.1) is 34.0 Å². The molecule has 0 radical (unpaired) electrons. The SMILES string of the molecule is C=C[C@@]1(C)C[C@H](OC(=O)CSCCN([13CH2][13CH3])[13CH2][13CH3])[C@@]2(C)C(C)CCC3(CCC(=O)[C@@H]32)[C@H](C)[C@H]1O.O=C(O)/C=C/C(=O)O. The second kappa shape index (κ2) is 15.0. The van der Waals surface area contributed by atoms with Crippen LogP contribution in [0.3, 0.4) is 0 Å². The van der Waals surface area contributed by atoms with Gasteiger partial charge in [-0.15, -0.1) is 18.3 Å². The molecule has 3 rings (SSSR count). The molecule has 10 heteroatoms. The number of hydrogen-bond donors (Lipinski definition) is 3. The van der Waals surface area contributed by atoms with Crippen molar-refractivity contribution in [1.29, 1.82) is 0 Å². The van der Waals surface area contributed by atoms with Crippen molar-refractivity contribution < 1.29 is 39.2 Å². The molecule has 0 aromatic rings. The highest BCUT2D eigenvalue weighted by Crippen LogP contribution is 2.68. The Bertz CT molecular complexity index is 1010. The van der Waals surface area contributed by atoms with E-state index in [9.17, 15) is 24.3 Å². The molecule has 42 heavy (non-hydrogen) atoms. The second-order valence-electron chi connectivity index (χ2n) is 12.7. The van der Waals surface area contributed by atoms with Crippen LogP contribution < -0.4 is 0 Å². The van der Waals surface area contributed by atoms with Gasteiger partial charge in [0.25, 0.3) is 0 Å². The van der Waals surface area contributed by atoms with Crippen molar-refractivity contribution >= 4 is 35.5 Å². The lowest BCUT2D eigenvalue weighted by Crippen LogP contribution is -2.63. The summed E-state index contributed by atoms with van der Waals surface area (Å²) in [6.45, 7) is 20.0. The molecule has 238 valence electrons. The normalized spacial score (nSPS) is 35.9. The molecule has 0 aromatic heterocycles. The van der Waals surface area contributed by atoms with Gasteiger partial charge in [0.05, 0.1) is 11.9 Å². The van der Waals surface area contributed by atoms with Crippen molar-refractivity contribution in [2.45, 2.75) is 85.9 Å². The molecular weight excluding hydrogens is 562 g/mol. The minimum absolute atomic E-state index is 0.00828. The van der Waals surface area contributed by atoms with Crippen LogP contribution in [0.5, 0.6) is 0 Å². The number of ether oxygens (including phenoxy) is 1. The smallest absolute Gasteiger partial charge is 0.328 e. The molecule has 2 bridgehead atoms. The van der Waals surface area contributed by atoms with Crippen LogP contribution in [0.2, 0.25) is 0 Å². The Hall–Kier alpha value is -2.17. The van der Waals surface area contributed by atoms with E-state index in [1.54, 1.807) is 11.8 Å². The molecule has 3 N–H and O–H groups in total. The van der Waals surface area contributed by atoms with Gasteiger partial charge in [-0.1, -0.05) is 47.6 Å². The van der Waals surface area contributed by atoms with Crippen LogP contribution >= 0.6 is 11.8 Å². The van der Waals surface area contributed by atoms with E-state index in [-0.39, 0.29) is 29.1 Å². The number of esters is 1. The van der Waals surface area contributed by atoms with Gasteiger partial charge in [0.15, 0.2) is 0 Å². The number of carboxylic acid groups (broad SMARTS) is 2. The molecule has 0 aliphatic heterocycles. The first-order chi connectivity index (χ1) is 19.6. The van der Waals surface area contributed by atoms with Gasteiger partial charge in [-0.3, -0.25) is 9.59 Å². The number of carboxylic acids is 2. The van der Waals surface area contributed by atoms with Gasteiger partial charge < -0.3 is 25.0 Å². The minimum atomic E-state index is -1.26. The van der Waals surface area contributed by atoms with Crippen LogP contribution in [-0.4, -0.2) is 87.3 Å². The lowest BCUT2D eigenvalue weighted by Gasteiger charge is -2.61. The summed E-state index contributed by atoms with van der Waals surface area (Å²) >= 11 is 1.61. The van der Waals surface area contributed by atoms with E-state index in [0.29, 0.717) is 36.5 Å². The van der Waals surface area contributed by atoms with Crippen molar-refractivity contribution in [1.82, 2.24) is 4.90 Å². The number of carbonyl (C=O) groups is 4. The first-order valence-corrected chi connectivity index (χ1v) is 16.3. The van der Waals surface area contributed by atoms with E-state index >= 15 is 0 Å². The third-order valence-corrected chi connectivity index (χ3v) is 11.5. The Labute approximate surface area is 255 Å². The average Bonchev–Trinajstić information content (AvgIpc) is 3.30. The molecule has 0 saturated heterocycles. The standard InChI is InChI=1S/C28H47NO4S.C4H4O4/c1-8-26(6)17-22(33-23(31)18-34-16-15-29(9-2)10-3)27(7)19(4)11-13-28(20(5)25(26)32)14-12-21(30)24(27)28;5-3(6)1-2-4(7)8/h8,19-20,22,24-25,32H,1,9-18H2,2-7H3;1-2H,(H,5,6)(H,7,8)/b;2-1+/t19?,20-,22+,24-,25-,26+,27-,28?;/m1./s1/i2+1,3+1,9+1,10+1;. The largest absolute Gasteiger partial charge is 0.478 e. The number of nitrogens with zero attached hydrogens (tertiary/aromatic N) is 1. The van der Waals surface area contributed by atoms with Gasteiger partial charge in [-0.25, -0.2) is 9.59 Å². The zero-order valence-corrected chi connectivity index (χ0v) is 27.0. The number of thioether (sulfide) groups is 1. The van der Waals surface area contributed by atoms with E-state index in [1.165, 1.54) is 0 Å². The summed E-state index contributed by atoms with van der Waals surface area (Å²) in [6, 6.07) is 0. The van der Waals surface area contributed by atoms with Gasteiger partial charge >= 0.3 is 17.9 Å². The number of hydrogen-bond acceptors (Lipinski definition) is 8. The number of Topliss-reactive ketones (excluding diaryl/α,β-unsaturated/α-hetero) is 1. The van der Waals surface area contributed by atoms with E-state index < -0.39 is 35.0 Å². The molecule has 0 spiro atoms. The highest BCUT2D eigenvalue weighted by molar-refractivity contribution is 7.99. The Morgan fingerprint density at radius 3 is 2.21 bits per heavy atom. The van der Waals surface area contributed by atoms with Crippen LogP contribution in [0.25, 0.3) is 0 Å².